The van der Waals surface area contributed by atoms with Gasteiger partial charge in [0.15, 0.2) is 0 Å². The summed E-state index contributed by atoms with van der Waals surface area (Å²) in [6.45, 7) is 7.80. The first-order valence-electron chi connectivity index (χ1n) is 27.2. The van der Waals surface area contributed by atoms with E-state index >= 15 is 0 Å². The van der Waals surface area contributed by atoms with Gasteiger partial charge in [0.2, 0.25) is 41.4 Å². The number of aromatic nitrogens is 1. The predicted molar refractivity (Wildman–Crippen MR) is 296 cm³/mol. The second kappa shape index (κ2) is 35.2. The van der Waals surface area contributed by atoms with Crippen LogP contribution in [0.5, 0.6) is 0 Å². The number of aromatic amines is 1. The minimum atomic E-state index is -1.21. The van der Waals surface area contributed by atoms with Crippen LogP contribution < -0.4 is 48.7 Å². The van der Waals surface area contributed by atoms with Crippen LogP contribution in [0.25, 0.3) is 10.9 Å². The van der Waals surface area contributed by atoms with Gasteiger partial charge in [-0.1, -0.05) is 76.2 Å². The van der Waals surface area contributed by atoms with E-state index in [1.54, 1.807) is 18.3 Å². The molecule has 0 bridgehead atoms. The number of carboxylic acids is 3. The van der Waals surface area contributed by atoms with Gasteiger partial charge in [-0.2, -0.15) is 0 Å². The summed E-state index contributed by atoms with van der Waals surface area (Å²) in [6, 6.07) is 11.6. The van der Waals surface area contributed by atoms with Crippen LogP contribution >= 0.6 is 0 Å². The molecule has 3 aromatic rings. The van der Waals surface area contributed by atoms with Gasteiger partial charge in [0.25, 0.3) is 0 Å². The van der Waals surface area contributed by atoms with Crippen molar-refractivity contribution in [1.82, 2.24) is 42.2 Å². The van der Waals surface area contributed by atoms with E-state index in [4.69, 9.17) is 16.6 Å². The molecule has 436 valence electrons. The highest BCUT2D eigenvalue weighted by molar-refractivity contribution is 5.86. The normalized spacial score (nSPS) is 13.9. The van der Waals surface area contributed by atoms with Crippen molar-refractivity contribution < 1.29 is 63.3 Å². The first-order chi connectivity index (χ1) is 37.5. The summed E-state index contributed by atoms with van der Waals surface area (Å²) in [6.07, 6.45) is 1.31. The Labute approximate surface area is 461 Å². The zero-order chi connectivity index (χ0) is 58.4. The number of carboxylic acid groups (broad SMARTS) is 3. The van der Waals surface area contributed by atoms with E-state index in [0.29, 0.717) is 19.3 Å². The topological polar surface area (TPSA) is 383 Å². The maximum absolute atomic E-state index is 13.9. The highest BCUT2D eigenvalue weighted by Gasteiger charge is 2.28. The number of hydrogen-bond acceptors (Lipinski definition) is 12. The summed E-state index contributed by atoms with van der Waals surface area (Å²) in [5, 5.41) is 48.4. The molecule has 3 rings (SSSR count). The number of hydrogen-bond donors (Lipinski definition) is 13. The Kier molecular flexibility index (Phi) is 29.3. The fraction of sp³-hybridized carbons (Fsp3) is 0.571. The summed E-state index contributed by atoms with van der Waals surface area (Å²) < 4.78 is 0. The molecule has 23 heteroatoms. The molecule has 15 N–H and O–H groups in total. The summed E-state index contributed by atoms with van der Waals surface area (Å²) in [5.74, 6) is -6.76. The molecule has 0 aliphatic carbocycles. The van der Waals surface area contributed by atoms with Crippen LogP contribution in [0.4, 0.5) is 0 Å². The largest absolute Gasteiger partial charge is 0.481 e. The summed E-state index contributed by atoms with van der Waals surface area (Å²) in [5.41, 5.74) is 14.5. The van der Waals surface area contributed by atoms with Gasteiger partial charge in [0, 0.05) is 124 Å². The number of nitrogens with two attached hydrogens (primary N) is 2. The standard InChI is InChI=1S/C56H84N10O13/c1-34(2)23-38(58)26-49(69)62-40(16-18-54(74)75)28-52(72)66-46(35(3)4)32-53(73)65-43(25-37-33-60-45-15-9-8-14-44(37)45)30-51(71)61-39(13-10-21-57)27-48(68)59-22-20-47(67)64-42(24-36-11-6-5-7-12-36)29-50(70)63-41(31-56(78)79)17-19-55(76)77/h5-9,11-12,14-15,33-35,38-43,46,60H,10,13,16-32,57-58H2,1-4H3,(H,59,68)(H,61,71)(H,62,69)(H,63,70)(H,64,67)(H,65,73)(H,66,72)(H,74,75)(H,76,77)(H,78,79)/t38-,39-,40-,41-,42-,43-,46+/m0/s1. The van der Waals surface area contributed by atoms with E-state index in [1.807, 2.05) is 70.2 Å². The average molecular weight is 1110 g/mol. The smallest absolute Gasteiger partial charge is 0.305 e. The zero-order valence-electron chi connectivity index (χ0n) is 46.0. The molecule has 0 fully saturated rings. The third kappa shape index (κ3) is 28.2. The molecule has 0 saturated heterocycles. The predicted octanol–water partition coefficient (Wildman–Crippen LogP) is 2.68. The van der Waals surface area contributed by atoms with Gasteiger partial charge in [-0.25, -0.2) is 0 Å². The van der Waals surface area contributed by atoms with Gasteiger partial charge < -0.3 is 69.0 Å². The number of carbonyl (C=O) groups is 10. The molecule has 79 heavy (non-hydrogen) atoms. The maximum Gasteiger partial charge on any atom is 0.305 e. The van der Waals surface area contributed by atoms with E-state index in [1.165, 1.54) is 0 Å². The summed E-state index contributed by atoms with van der Waals surface area (Å²) in [7, 11) is 0. The highest BCUT2D eigenvalue weighted by atomic mass is 16.4. The molecule has 1 heterocycles. The first kappa shape index (κ1) is 65.9. The average Bonchev–Trinajstić information content (AvgIpc) is 3.78. The minimum absolute atomic E-state index is 0.00106. The second-order valence-corrected chi connectivity index (χ2v) is 21.1. The third-order valence-corrected chi connectivity index (χ3v) is 13.1. The van der Waals surface area contributed by atoms with Gasteiger partial charge in [-0.15, -0.1) is 0 Å². The van der Waals surface area contributed by atoms with Crippen molar-refractivity contribution in [1.29, 1.82) is 0 Å². The summed E-state index contributed by atoms with van der Waals surface area (Å²) in [4.78, 5) is 131. The van der Waals surface area contributed by atoms with Crippen LogP contribution in [-0.2, 0) is 60.8 Å². The molecule has 1 aromatic heterocycles. The number of amides is 7. The van der Waals surface area contributed by atoms with Crippen LogP contribution in [-0.4, -0.2) is 135 Å². The van der Waals surface area contributed by atoms with Crippen LogP contribution in [0.1, 0.15) is 135 Å². The fourth-order valence-corrected chi connectivity index (χ4v) is 9.23. The lowest BCUT2D eigenvalue weighted by atomic mass is 9.97. The molecule has 0 unspecified atom stereocenters. The first-order valence-corrected chi connectivity index (χ1v) is 27.2. The number of rotatable bonds is 39. The van der Waals surface area contributed by atoms with Crippen molar-refractivity contribution in [2.45, 2.75) is 179 Å². The van der Waals surface area contributed by atoms with Crippen LogP contribution in [0.2, 0.25) is 0 Å². The molecule has 0 radical (unpaired) electrons. The Morgan fingerprint density at radius 3 is 1.59 bits per heavy atom. The Bertz CT molecular complexity index is 2470. The highest BCUT2D eigenvalue weighted by Crippen LogP contribution is 2.21. The van der Waals surface area contributed by atoms with Crippen LogP contribution in [0.15, 0.2) is 60.8 Å². The molecule has 0 saturated carbocycles. The summed E-state index contributed by atoms with van der Waals surface area (Å²) >= 11 is 0. The SMILES string of the molecule is CC(C)C[C@H](N)CC(=O)N[C@@H](CCC(=O)O)CC(=O)N[C@H](CC(=O)N[C@H](CC(=O)N[C@@H](CCCN)CC(=O)NCCC(=O)N[C@H](CC(=O)N[C@@H](CCC(=O)O)CC(=O)O)Cc1ccccc1)Cc1c[nH]c2ccccc12)C(C)C. The van der Waals surface area contributed by atoms with Crippen molar-refractivity contribution in [3.05, 3.63) is 71.9 Å². The van der Waals surface area contributed by atoms with E-state index in [2.05, 4.69) is 42.2 Å². The lowest BCUT2D eigenvalue weighted by molar-refractivity contribution is -0.140. The van der Waals surface area contributed by atoms with E-state index in [0.717, 1.165) is 22.0 Å². The third-order valence-electron chi connectivity index (χ3n) is 13.1. The Morgan fingerprint density at radius 1 is 0.519 bits per heavy atom. The van der Waals surface area contributed by atoms with Crippen molar-refractivity contribution in [2.24, 2.45) is 23.3 Å². The maximum atomic E-state index is 13.9. The molecule has 7 atom stereocenters. The number of nitrogens with one attached hydrogen (secondary N) is 8. The van der Waals surface area contributed by atoms with E-state index in [9.17, 15) is 58.2 Å². The number of aliphatic carboxylic acids is 3. The van der Waals surface area contributed by atoms with E-state index < -0.39 is 108 Å². The number of para-hydroxylation sites is 1. The van der Waals surface area contributed by atoms with Gasteiger partial charge >= 0.3 is 17.9 Å². The molecule has 23 nitrogen and oxygen atoms in total. The van der Waals surface area contributed by atoms with E-state index in [-0.39, 0.29) is 108 Å². The van der Waals surface area contributed by atoms with Crippen molar-refractivity contribution in [3.8, 4) is 0 Å². The molecule has 2 aromatic carbocycles. The van der Waals surface area contributed by atoms with Gasteiger partial charge in [-0.05, 0) is 80.5 Å². The molecule has 7 amide bonds. The Morgan fingerprint density at radius 2 is 1.01 bits per heavy atom. The molecule has 0 aliphatic rings. The molecule has 0 aliphatic heterocycles. The van der Waals surface area contributed by atoms with Crippen molar-refractivity contribution >= 4 is 70.2 Å². The lowest BCUT2D eigenvalue weighted by Crippen LogP contribution is -2.48. The number of carbonyl (C=O) groups excluding carboxylic acids is 7. The van der Waals surface area contributed by atoms with Gasteiger partial charge in [0.05, 0.1) is 6.42 Å². The fourth-order valence-electron chi connectivity index (χ4n) is 9.23. The Hall–Kier alpha value is -7.40. The van der Waals surface area contributed by atoms with Crippen LogP contribution in [0, 0.1) is 11.8 Å². The molecular formula is C56H84N10O13. The Balaban J connectivity index is 1.67. The van der Waals surface area contributed by atoms with Gasteiger partial charge in [0.1, 0.15) is 0 Å². The quantitative estimate of drug-likeness (QED) is 0.0391. The van der Waals surface area contributed by atoms with Crippen molar-refractivity contribution in [3.63, 3.8) is 0 Å². The molecule has 0 spiro atoms. The van der Waals surface area contributed by atoms with Crippen LogP contribution in [0.3, 0.4) is 0 Å². The number of H-pyrrole nitrogens is 1. The zero-order valence-corrected chi connectivity index (χ0v) is 46.0. The number of benzene rings is 2. The lowest BCUT2D eigenvalue weighted by Gasteiger charge is -2.26. The minimum Gasteiger partial charge on any atom is -0.481 e. The second-order valence-electron chi connectivity index (χ2n) is 21.1. The molecular weight excluding hydrogens is 1020 g/mol. The number of fused-ring (bicyclic) bond motifs is 1. The monoisotopic (exact) mass is 1100 g/mol. The van der Waals surface area contributed by atoms with Gasteiger partial charge in [-0.3, -0.25) is 47.9 Å². The van der Waals surface area contributed by atoms with Crippen molar-refractivity contribution in [2.75, 3.05) is 13.1 Å².